The smallest absolute Gasteiger partial charge is 0.245 e. The van der Waals surface area contributed by atoms with Gasteiger partial charge in [0.25, 0.3) is 0 Å². The number of nitrogen functional groups attached to an aromatic ring is 1. The van der Waals surface area contributed by atoms with Gasteiger partial charge in [0.1, 0.15) is 4.90 Å². The average Bonchev–Trinajstić information content (AvgIpc) is 2.43. The van der Waals surface area contributed by atoms with Crippen molar-refractivity contribution in [1.29, 1.82) is 0 Å². The number of nitrogens with zero attached hydrogens (tertiary/aromatic N) is 1. The summed E-state index contributed by atoms with van der Waals surface area (Å²) < 4.78 is 27.3. The third kappa shape index (κ3) is 3.45. The Labute approximate surface area is 133 Å². The average molecular weight is 369 g/mol. The number of hydrogen-bond donors (Lipinski definition) is 1. The van der Waals surface area contributed by atoms with Crippen molar-refractivity contribution in [1.82, 2.24) is 4.31 Å². The predicted octanol–water partition coefficient (Wildman–Crippen LogP) is 3.16. The number of aryl methyl sites for hydroxylation is 1. The van der Waals surface area contributed by atoms with Gasteiger partial charge in [0.2, 0.25) is 10.0 Å². The van der Waals surface area contributed by atoms with Crippen molar-refractivity contribution in [2.75, 3.05) is 12.8 Å². The van der Waals surface area contributed by atoms with Gasteiger partial charge in [0.15, 0.2) is 0 Å². The van der Waals surface area contributed by atoms with Crippen LogP contribution in [0.2, 0.25) is 0 Å². The lowest BCUT2D eigenvalue weighted by Gasteiger charge is -2.19. The molecule has 0 saturated heterocycles. The second kappa shape index (κ2) is 6.17. The molecule has 0 amide bonds. The van der Waals surface area contributed by atoms with Gasteiger partial charge in [0.05, 0.1) is 5.69 Å². The molecule has 112 valence electrons. The number of sulfonamides is 1. The third-order valence-electron chi connectivity index (χ3n) is 3.32. The van der Waals surface area contributed by atoms with E-state index in [0.717, 1.165) is 11.1 Å². The molecule has 0 fully saturated rings. The molecule has 21 heavy (non-hydrogen) atoms. The van der Waals surface area contributed by atoms with E-state index >= 15 is 0 Å². The topological polar surface area (TPSA) is 63.4 Å². The molecular weight excluding hydrogens is 352 g/mol. The molecule has 0 saturated carbocycles. The second-order valence-electron chi connectivity index (χ2n) is 4.87. The molecule has 2 aromatic rings. The van der Waals surface area contributed by atoms with E-state index in [1.165, 1.54) is 10.4 Å². The van der Waals surface area contributed by atoms with E-state index in [1.807, 2.05) is 31.2 Å². The Morgan fingerprint density at radius 2 is 1.86 bits per heavy atom. The minimum absolute atomic E-state index is 0.118. The minimum Gasteiger partial charge on any atom is -0.398 e. The molecule has 2 aromatic carbocycles. The van der Waals surface area contributed by atoms with Crippen LogP contribution in [0.3, 0.4) is 0 Å². The van der Waals surface area contributed by atoms with Gasteiger partial charge < -0.3 is 5.73 Å². The van der Waals surface area contributed by atoms with Crippen molar-refractivity contribution in [3.63, 3.8) is 0 Å². The predicted molar refractivity (Wildman–Crippen MR) is 88.4 cm³/mol. The third-order valence-corrected chi connectivity index (χ3v) is 5.67. The molecule has 2 rings (SSSR count). The number of rotatable bonds is 4. The van der Waals surface area contributed by atoms with Crippen LogP contribution in [-0.2, 0) is 16.6 Å². The highest BCUT2D eigenvalue weighted by molar-refractivity contribution is 9.10. The molecule has 0 aliphatic rings. The maximum absolute atomic E-state index is 12.6. The largest absolute Gasteiger partial charge is 0.398 e. The molecule has 0 radical (unpaired) electrons. The highest BCUT2D eigenvalue weighted by Crippen LogP contribution is 2.26. The number of halogens is 1. The molecule has 0 aliphatic carbocycles. The van der Waals surface area contributed by atoms with Crippen molar-refractivity contribution >= 4 is 31.6 Å². The lowest BCUT2D eigenvalue weighted by molar-refractivity contribution is 0.466. The standard InChI is InChI=1S/C15H17BrN2O2S/c1-11-5-3-4-6-12(11)10-18(2)21(19,20)15-9-13(16)7-8-14(15)17/h3-9H,10,17H2,1-2H3. The van der Waals surface area contributed by atoms with Gasteiger partial charge in [-0.1, -0.05) is 40.2 Å². The molecule has 0 aromatic heterocycles. The zero-order chi connectivity index (χ0) is 15.6. The van der Waals surface area contributed by atoms with Crippen LogP contribution in [-0.4, -0.2) is 19.8 Å². The van der Waals surface area contributed by atoms with E-state index < -0.39 is 10.0 Å². The molecule has 0 heterocycles. The van der Waals surface area contributed by atoms with Crippen LogP contribution in [0.4, 0.5) is 5.69 Å². The molecule has 2 N–H and O–H groups in total. The fraction of sp³-hybridized carbons (Fsp3) is 0.200. The fourth-order valence-corrected chi connectivity index (χ4v) is 3.81. The SMILES string of the molecule is Cc1ccccc1CN(C)S(=O)(=O)c1cc(Br)ccc1N. The Balaban J connectivity index is 2.35. The van der Waals surface area contributed by atoms with Crippen molar-refractivity contribution in [3.05, 3.63) is 58.1 Å². The summed E-state index contributed by atoms with van der Waals surface area (Å²) in [6.45, 7) is 2.27. The highest BCUT2D eigenvalue weighted by atomic mass is 79.9. The van der Waals surface area contributed by atoms with Crippen molar-refractivity contribution < 1.29 is 8.42 Å². The Kier molecular flexibility index (Phi) is 4.70. The number of hydrogen-bond acceptors (Lipinski definition) is 3. The van der Waals surface area contributed by atoms with Gasteiger partial charge in [0, 0.05) is 18.1 Å². The van der Waals surface area contributed by atoms with Gasteiger partial charge in [-0.25, -0.2) is 8.42 Å². The van der Waals surface area contributed by atoms with Crippen molar-refractivity contribution in [2.45, 2.75) is 18.4 Å². The van der Waals surface area contributed by atoms with Crippen LogP contribution in [0.25, 0.3) is 0 Å². The fourth-order valence-electron chi connectivity index (χ4n) is 2.01. The van der Waals surface area contributed by atoms with Crippen LogP contribution in [0.5, 0.6) is 0 Å². The summed E-state index contributed by atoms with van der Waals surface area (Å²) in [6.07, 6.45) is 0. The first-order valence-corrected chi connectivity index (χ1v) is 8.61. The highest BCUT2D eigenvalue weighted by Gasteiger charge is 2.24. The summed E-state index contributed by atoms with van der Waals surface area (Å²) in [4.78, 5) is 0.118. The van der Waals surface area contributed by atoms with Gasteiger partial charge in [-0.15, -0.1) is 0 Å². The quantitative estimate of drug-likeness (QED) is 0.842. The zero-order valence-electron chi connectivity index (χ0n) is 11.9. The molecule has 6 heteroatoms. The van der Waals surface area contributed by atoms with Crippen LogP contribution in [0, 0.1) is 6.92 Å². The maximum atomic E-state index is 12.6. The minimum atomic E-state index is -3.63. The van der Waals surface area contributed by atoms with Gasteiger partial charge in [-0.05, 0) is 36.2 Å². The summed E-state index contributed by atoms with van der Waals surface area (Å²) >= 11 is 3.28. The van der Waals surface area contributed by atoms with E-state index in [0.29, 0.717) is 11.0 Å². The van der Waals surface area contributed by atoms with Crippen LogP contribution >= 0.6 is 15.9 Å². The molecule has 0 atom stereocenters. The van der Waals surface area contributed by atoms with E-state index in [-0.39, 0.29) is 10.6 Å². The van der Waals surface area contributed by atoms with E-state index in [4.69, 9.17) is 5.73 Å². The molecule has 0 aliphatic heterocycles. The summed E-state index contributed by atoms with van der Waals surface area (Å²) in [5, 5.41) is 0. The Bertz CT molecular complexity index is 760. The maximum Gasteiger partial charge on any atom is 0.245 e. The molecular formula is C15H17BrN2O2S. The van der Waals surface area contributed by atoms with Crippen LogP contribution in [0.15, 0.2) is 51.8 Å². The lowest BCUT2D eigenvalue weighted by atomic mass is 10.1. The Morgan fingerprint density at radius 3 is 2.52 bits per heavy atom. The van der Waals surface area contributed by atoms with E-state index in [2.05, 4.69) is 15.9 Å². The monoisotopic (exact) mass is 368 g/mol. The zero-order valence-corrected chi connectivity index (χ0v) is 14.3. The molecule has 0 spiro atoms. The van der Waals surface area contributed by atoms with E-state index in [1.54, 1.807) is 19.2 Å². The van der Waals surface area contributed by atoms with Gasteiger partial charge in [-0.3, -0.25) is 0 Å². The van der Waals surface area contributed by atoms with E-state index in [9.17, 15) is 8.42 Å². The normalized spacial score (nSPS) is 11.8. The summed E-state index contributed by atoms with van der Waals surface area (Å²) in [7, 11) is -2.07. The van der Waals surface area contributed by atoms with Crippen molar-refractivity contribution in [2.24, 2.45) is 0 Å². The van der Waals surface area contributed by atoms with Gasteiger partial charge in [-0.2, -0.15) is 4.31 Å². The second-order valence-corrected chi connectivity index (χ2v) is 7.80. The summed E-state index contributed by atoms with van der Waals surface area (Å²) in [6, 6.07) is 12.5. The lowest BCUT2D eigenvalue weighted by Crippen LogP contribution is -2.27. The number of anilines is 1. The van der Waals surface area contributed by atoms with Gasteiger partial charge >= 0.3 is 0 Å². The first kappa shape index (κ1) is 16.0. The summed E-state index contributed by atoms with van der Waals surface area (Å²) in [5.41, 5.74) is 8.08. The number of nitrogens with two attached hydrogens (primary N) is 1. The number of benzene rings is 2. The molecule has 4 nitrogen and oxygen atoms in total. The Hall–Kier alpha value is -1.37. The molecule has 0 bridgehead atoms. The van der Waals surface area contributed by atoms with Crippen LogP contribution in [0.1, 0.15) is 11.1 Å². The van der Waals surface area contributed by atoms with Crippen LogP contribution < -0.4 is 5.73 Å². The first-order chi connectivity index (χ1) is 9.82. The summed E-state index contributed by atoms with van der Waals surface area (Å²) in [5.74, 6) is 0. The van der Waals surface area contributed by atoms with Crippen molar-refractivity contribution in [3.8, 4) is 0 Å². The Morgan fingerprint density at radius 1 is 1.19 bits per heavy atom. The first-order valence-electron chi connectivity index (χ1n) is 6.38. The molecule has 0 unspecified atom stereocenters.